The maximum absolute atomic E-state index is 12.3. The van der Waals surface area contributed by atoms with Crippen LogP contribution in [0.5, 0.6) is 5.75 Å². The van der Waals surface area contributed by atoms with Gasteiger partial charge in [-0.05, 0) is 55.5 Å². The zero-order valence-electron chi connectivity index (χ0n) is 12.4. The number of carbonyl (C=O) groups excluding carboxylic acids is 1. The molecule has 1 aromatic rings. The summed E-state index contributed by atoms with van der Waals surface area (Å²) in [5, 5.41) is 0. The summed E-state index contributed by atoms with van der Waals surface area (Å²) in [5.41, 5.74) is 7.50. The first-order valence-corrected chi connectivity index (χ1v) is 6.85. The largest absolute Gasteiger partial charge is 0.497 e. The lowest BCUT2D eigenvalue weighted by molar-refractivity contribution is 0.0957. The summed E-state index contributed by atoms with van der Waals surface area (Å²) < 4.78 is 5.15. The van der Waals surface area contributed by atoms with Crippen molar-refractivity contribution in [2.75, 3.05) is 13.7 Å². The van der Waals surface area contributed by atoms with Crippen LogP contribution in [-0.4, -0.2) is 19.4 Å². The summed E-state index contributed by atoms with van der Waals surface area (Å²) in [5.74, 6) is 1.80. The third-order valence-electron chi connectivity index (χ3n) is 3.35. The number of ketones is 1. The van der Waals surface area contributed by atoms with E-state index in [1.807, 2.05) is 25.1 Å². The van der Waals surface area contributed by atoms with E-state index >= 15 is 0 Å². The van der Waals surface area contributed by atoms with E-state index < -0.39 is 0 Å². The zero-order valence-corrected chi connectivity index (χ0v) is 12.4. The molecule has 2 N–H and O–H groups in total. The van der Waals surface area contributed by atoms with Crippen LogP contribution in [0.3, 0.4) is 0 Å². The van der Waals surface area contributed by atoms with Gasteiger partial charge >= 0.3 is 0 Å². The lowest BCUT2D eigenvalue weighted by atomic mass is 9.89. The summed E-state index contributed by atoms with van der Waals surface area (Å²) in [6.45, 7) is 6.83. The Labute approximate surface area is 116 Å². The summed E-state index contributed by atoms with van der Waals surface area (Å²) in [6, 6.07) is 5.58. The van der Waals surface area contributed by atoms with Gasteiger partial charge in [-0.1, -0.05) is 13.8 Å². The zero-order chi connectivity index (χ0) is 14.4. The molecular weight excluding hydrogens is 238 g/mol. The molecule has 0 spiro atoms. The minimum Gasteiger partial charge on any atom is -0.497 e. The number of rotatable bonds is 7. The minimum absolute atomic E-state index is 0.177. The quantitative estimate of drug-likeness (QED) is 0.769. The Bertz CT molecular complexity index is 427. The van der Waals surface area contributed by atoms with Gasteiger partial charge in [0, 0.05) is 12.0 Å². The highest BCUT2D eigenvalue weighted by Crippen LogP contribution is 2.21. The summed E-state index contributed by atoms with van der Waals surface area (Å²) in [6.07, 6.45) is 1.53. The molecule has 0 saturated carbocycles. The van der Waals surface area contributed by atoms with Crippen LogP contribution in [0.4, 0.5) is 0 Å². The van der Waals surface area contributed by atoms with Crippen LogP contribution >= 0.6 is 0 Å². The maximum Gasteiger partial charge on any atom is 0.163 e. The highest BCUT2D eigenvalue weighted by Gasteiger charge is 2.17. The van der Waals surface area contributed by atoms with Crippen molar-refractivity contribution in [1.82, 2.24) is 0 Å². The Kier molecular flexibility index (Phi) is 6.03. The van der Waals surface area contributed by atoms with Crippen molar-refractivity contribution >= 4 is 5.78 Å². The second-order valence-electron chi connectivity index (χ2n) is 5.54. The predicted molar refractivity (Wildman–Crippen MR) is 78.7 cm³/mol. The Hall–Kier alpha value is -1.35. The summed E-state index contributed by atoms with van der Waals surface area (Å²) in [4.78, 5) is 12.3. The Morgan fingerprint density at radius 3 is 2.53 bits per heavy atom. The molecule has 1 aromatic carbocycles. The standard InChI is InChI=1S/C16H25NO2/c1-11(2)7-13(10-17)9-16(18)15-6-5-14(19-4)8-12(15)3/h5-6,8,11,13H,7,9-10,17H2,1-4H3. The molecule has 0 radical (unpaired) electrons. The van der Waals surface area contributed by atoms with Crippen molar-refractivity contribution in [3.05, 3.63) is 29.3 Å². The normalized spacial score (nSPS) is 12.5. The van der Waals surface area contributed by atoms with Crippen LogP contribution in [0.1, 0.15) is 42.6 Å². The van der Waals surface area contributed by atoms with E-state index in [1.54, 1.807) is 7.11 Å². The van der Waals surface area contributed by atoms with Crippen molar-refractivity contribution in [2.45, 2.75) is 33.6 Å². The SMILES string of the molecule is COc1ccc(C(=O)CC(CN)CC(C)C)c(C)c1. The van der Waals surface area contributed by atoms with E-state index in [4.69, 9.17) is 10.5 Å². The predicted octanol–water partition coefficient (Wildman–Crippen LogP) is 3.20. The van der Waals surface area contributed by atoms with Gasteiger partial charge in [-0.2, -0.15) is 0 Å². The van der Waals surface area contributed by atoms with Gasteiger partial charge in [0.1, 0.15) is 5.75 Å². The molecule has 0 aliphatic carbocycles. The first-order valence-electron chi connectivity index (χ1n) is 6.85. The van der Waals surface area contributed by atoms with Gasteiger partial charge in [0.25, 0.3) is 0 Å². The topological polar surface area (TPSA) is 52.3 Å². The van der Waals surface area contributed by atoms with Crippen LogP contribution in [-0.2, 0) is 0 Å². The molecule has 3 nitrogen and oxygen atoms in total. The van der Waals surface area contributed by atoms with Gasteiger partial charge in [0.05, 0.1) is 7.11 Å². The number of aryl methyl sites for hydroxylation is 1. The van der Waals surface area contributed by atoms with E-state index in [1.165, 1.54) is 0 Å². The number of benzene rings is 1. The van der Waals surface area contributed by atoms with Crippen LogP contribution < -0.4 is 10.5 Å². The van der Waals surface area contributed by atoms with Gasteiger partial charge in [-0.25, -0.2) is 0 Å². The second kappa shape index (κ2) is 7.29. The van der Waals surface area contributed by atoms with E-state index in [-0.39, 0.29) is 11.7 Å². The lowest BCUT2D eigenvalue weighted by Crippen LogP contribution is -2.20. The fourth-order valence-corrected chi connectivity index (χ4v) is 2.38. The molecule has 19 heavy (non-hydrogen) atoms. The number of nitrogens with two attached hydrogens (primary N) is 1. The van der Waals surface area contributed by atoms with Crippen LogP contribution in [0.25, 0.3) is 0 Å². The van der Waals surface area contributed by atoms with E-state index in [0.29, 0.717) is 18.9 Å². The fourth-order valence-electron chi connectivity index (χ4n) is 2.38. The smallest absolute Gasteiger partial charge is 0.163 e. The summed E-state index contributed by atoms with van der Waals surface area (Å²) >= 11 is 0. The molecule has 0 aliphatic rings. The molecule has 0 aromatic heterocycles. The number of hydrogen-bond acceptors (Lipinski definition) is 3. The molecule has 1 atom stereocenters. The molecule has 3 heteroatoms. The van der Waals surface area contributed by atoms with Gasteiger partial charge in [0.15, 0.2) is 5.78 Å². The third kappa shape index (κ3) is 4.67. The van der Waals surface area contributed by atoms with Crippen molar-refractivity contribution in [3.8, 4) is 5.75 Å². The molecule has 0 fully saturated rings. The molecule has 0 amide bonds. The number of Topliss-reactive ketones (excluding diaryl/α,β-unsaturated/α-hetero) is 1. The van der Waals surface area contributed by atoms with Gasteiger partial charge < -0.3 is 10.5 Å². The minimum atomic E-state index is 0.177. The Morgan fingerprint density at radius 1 is 1.37 bits per heavy atom. The first kappa shape index (κ1) is 15.7. The molecule has 0 bridgehead atoms. The number of hydrogen-bond donors (Lipinski definition) is 1. The molecule has 0 heterocycles. The first-order chi connectivity index (χ1) is 8.97. The number of carbonyl (C=O) groups is 1. The van der Waals surface area contributed by atoms with Crippen LogP contribution in [0, 0.1) is 18.8 Å². The fraction of sp³-hybridized carbons (Fsp3) is 0.562. The Morgan fingerprint density at radius 2 is 2.05 bits per heavy atom. The molecule has 1 rings (SSSR count). The highest BCUT2D eigenvalue weighted by molar-refractivity contribution is 5.97. The van der Waals surface area contributed by atoms with Crippen molar-refractivity contribution < 1.29 is 9.53 Å². The summed E-state index contributed by atoms with van der Waals surface area (Å²) in [7, 11) is 1.63. The van der Waals surface area contributed by atoms with E-state index in [9.17, 15) is 4.79 Å². The van der Waals surface area contributed by atoms with E-state index in [2.05, 4.69) is 13.8 Å². The third-order valence-corrected chi connectivity index (χ3v) is 3.35. The molecule has 1 unspecified atom stereocenters. The van der Waals surface area contributed by atoms with Crippen molar-refractivity contribution in [1.29, 1.82) is 0 Å². The number of ether oxygens (including phenoxy) is 1. The Balaban J connectivity index is 2.77. The van der Waals surface area contributed by atoms with Crippen LogP contribution in [0.2, 0.25) is 0 Å². The van der Waals surface area contributed by atoms with Gasteiger partial charge in [0.2, 0.25) is 0 Å². The molecule has 106 valence electrons. The van der Waals surface area contributed by atoms with Crippen LogP contribution in [0.15, 0.2) is 18.2 Å². The van der Waals surface area contributed by atoms with Crippen molar-refractivity contribution in [2.24, 2.45) is 17.6 Å². The van der Waals surface area contributed by atoms with Gasteiger partial charge in [-0.15, -0.1) is 0 Å². The monoisotopic (exact) mass is 263 g/mol. The average molecular weight is 263 g/mol. The highest BCUT2D eigenvalue weighted by atomic mass is 16.5. The molecule has 0 saturated heterocycles. The number of methoxy groups -OCH3 is 1. The van der Waals surface area contributed by atoms with Crippen molar-refractivity contribution in [3.63, 3.8) is 0 Å². The average Bonchev–Trinajstić information content (AvgIpc) is 2.36. The molecular formula is C16H25NO2. The maximum atomic E-state index is 12.3. The van der Waals surface area contributed by atoms with Gasteiger partial charge in [-0.3, -0.25) is 4.79 Å². The second-order valence-corrected chi connectivity index (χ2v) is 5.54. The lowest BCUT2D eigenvalue weighted by Gasteiger charge is -2.17. The molecule has 0 aliphatic heterocycles. The van der Waals surface area contributed by atoms with E-state index in [0.717, 1.165) is 23.3 Å².